The first-order valence-corrected chi connectivity index (χ1v) is 8.29. The molecule has 0 bridgehead atoms. The van der Waals surface area contributed by atoms with Crippen molar-refractivity contribution in [2.75, 3.05) is 47.1 Å². The summed E-state index contributed by atoms with van der Waals surface area (Å²) in [5, 5.41) is 0. The summed E-state index contributed by atoms with van der Waals surface area (Å²) in [6.07, 6.45) is 2.60. The number of quaternary nitrogens is 1. The normalized spacial score (nSPS) is 12.6. The van der Waals surface area contributed by atoms with E-state index in [-0.39, 0.29) is 6.61 Å². The minimum atomic E-state index is -1.56. The molecule has 6 heteroatoms. The molecule has 0 aromatic rings. The van der Waals surface area contributed by atoms with Crippen LogP contribution in [0.15, 0.2) is 24.8 Å². The van der Waals surface area contributed by atoms with Gasteiger partial charge in [0.25, 0.3) is 5.48 Å². The Hall–Kier alpha value is -1.00. The summed E-state index contributed by atoms with van der Waals surface area (Å²) in [5.41, 5.74) is 0.964. The maximum atomic E-state index is 12.1. The van der Waals surface area contributed by atoms with Crippen molar-refractivity contribution in [3.63, 3.8) is 0 Å². The molecule has 0 N–H and O–H groups in total. The standard InChI is InChI=1S/C15H27NO4P/c1-7-11-21(18)14(12-16(4,5)6)19-9-8-10-20-15(17)13(2)3/h7H,1-2,8-12H2,3-6H3/q+1. The zero-order valence-corrected chi connectivity index (χ0v) is 14.4. The molecule has 0 aliphatic carbocycles. The van der Waals surface area contributed by atoms with Gasteiger partial charge in [0.1, 0.15) is 6.16 Å². The van der Waals surface area contributed by atoms with Crippen LogP contribution in [0.5, 0.6) is 0 Å². The fourth-order valence-electron chi connectivity index (χ4n) is 1.36. The van der Waals surface area contributed by atoms with E-state index in [1.165, 1.54) is 0 Å². The number of ether oxygens (including phenoxy) is 2. The van der Waals surface area contributed by atoms with Crippen LogP contribution < -0.4 is 4.89 Å². The molecule has 5 nitrogen and oxygen atoms in total. The number of carbonyl (C=O) groups excluding carboxylic acids is 1. The van der Waals surface area contributed by atoms with Crippen molar-refractivity contribution < 1.29 is 23.6 Å². The number of hydrogen-bond acceptors (Lipinski definition) is 4. The van der Waals surface area contributed by atoms with Gasteiger partial charge in [-0.3, -0.25) is 0 Å². The van der Waals surface area contributed by atoms with Crippen molar-refractivity contribution in [2.45, 2.75) is 13.3 Å². The molecule has 0 amide bonds. The summed E-state index contributed by atoms with van der Waals surface area (Å²) in [5.74, 6) is -0.400. The third-order valence-electron chi connectivity index (χ3n) is 2.32. The first kappa shape index (κ1) is 20.0. The van der Waals surface area contributed by atoms with E-state index < -0.39 is 13.7 Å². The largest absolute Gasteiger partial charge is 0.628 e. The predicted octanol–water partition coefficient (Wildman–Crippen LogP) is 1.29. The molecular formula is C15H27NO4P+. The van der Waals surface area contributed by atoms with E-state index >= 15 is 0 Å². The van der Waals surface area contributed by atoms with Crippen LogP contribution in [0, 0.1) is 0 Å². The second-order valence-corrected chi connectivity index (χ2v) is 7.43. The minimum absolute atomic E-state index is 0.265. The van der Waals surface area contributed by atoms with E-state index in [0.29, 0.717) is 41.3 Å². The average molecular weight is 316 g/mol. The van der Waals surface area contributed by atoms with Gasteiger partial charge in [0.05, 0.1) is 42.1 Å². The Kier molecular flexibility index (Phi) is 9.38. The van der Waals surface area contributed by atoms with Gasteiger partial charge in [0.2, 0.25) is 0 Å². The monoisotopic (exact) mass is 316 g/mol. The Labute approximate surface area is 128 Å². The Balaban J connectivity index is 4.32. The average Bonchev–Trinajstić information content (AvgIpc) is 2.35. The number of likely N-dealkylation sites (N-methyl/N-ethyl adjacent to an activating group) is 1. The number of nitrogens with zero attached hydrogens (tertiary/aromatic N) is 1. The lowest BCUT2D eigenvalue weighted by molar-refractivity contribution is -0.861. The summed E-state index contributed by atoms with van der Waals surface area (Å²) in [7, 11) is 4.46. The van der Waals surface area contributed by atoms with Gasteiger partial charge in [0, 0.05) is 12.0 Å². The van der Waals surface area contributed by atoms with Crippen molar-refractivity contribution in [1.29, 1.82) is 0 Å². The summed E-state index contributed by atoms with van der Waals surface area (Å²) in [6.45, 7) is 9.93. The van der Waals surface area contributed by atoms with E-state index in [1.807, 2.05) is 21.1 Å². The Morgan fingerprint density at radius 1 is 1.29 bits per heavy atom. The highest BCUT2D eigenvalue weighted by Crippen LogP contribution is 2.16. The van der Waals surface area contributed by atoms with Crippen LogP contribution in [-0.2, 0) is 14.3 Å². The first-order chi connectivity index (χ1) is 9.67. The van der Waals surface area contributed by atoms with Gasteiger partial charge in [-0.05, 0) is 13.0 Å². The van der Waals surface area contributed by atoms with Crippen LogP contribution in [0.1, 0.15) is 13.3 Å². The smallest absolute Gasteiger partial charge is 0.333 e. The summed E-state index contributed by atoms with van der Waals surface area (Å²) >= 11 is 0. The van der Waals surface area contributed by atoms with Gasteiger partial charge in [-0.25, -0.2) is 4.79 Å². The first-order valence-electron chi connectivity index (χ1n) is 6.84. The molecule has 0 aromatic heterocycles. The molecule has 0 saturated heterocycles. The summed E-state index contributed by atoms with van der Waals surface area (Å²) < 4.78 is 11.2. The van der Waals surface area contributed by atoms with Crippen LogP contribution in [0.2, 0.25) is 0 Å². The molecule has 1 unspecified atom stereocenters. The molecule has 0 radical (unpaired) electrons. The molecule has 0 rings (SSSR count). The van der Waals surface area contributed by atoms with Crippen LogP contribution in [0.4, 0.5) is 0 Å². The second kappa shape index (κ2) is 9.85. The summed E-state index contributed by atoms with van der Waals surface area (Å²) in [6, 6.07) is 0. The van der Waals surface area contributed by atoms with E-state index in [1.54, 1.807) is 13.0 Å². The van der Waals surface area contributed by atoms with Gasteiger partial charge in [-0.15, -0.1) is 0 Å². The topological polar surface area (TPSA) is 58.6 Å². The highest BCUT2D eigenvalue weighted by Gasteiger charge is 2.20. The lowest BCUT2D eigenvalue weighted by Gasteiger charge is -2.23. The third kappa shape index (κ3) is 10.4. The number of carbonyl (C=O) groups is 1. The zero-order valence-electron chi connectivity index (χ0n) is 13.6. The molecule has 0 aliphatic heterocycles. The second-order valence-electron chi connectivity index (χ2n) is 5.81. The van der Waals surface area contributed by atoms with Crippen LogP contribution >= 0.6 is 7.77 Å². The Bertz CT molecular complexity index is 410. The van der Waals surface area contributed by atoms with Gasteiger partial charge in [-0.1, -0.05) is 13.2 Å². The number of hydrogen-bond donors (Lipinski definition) is 0. The van der Waals surface area contributed by atoms with Crippen molar-refractivity contribution >= 4 is 19.2 Å². The fraction of sp³-hybridized carbons (Fsp3) is 0.600. The molecule has 120 valence electrons. The van der Waals surface area contributed by atoms with Gasteiger partial charge in [-0.2, -0.15) is 0 Å². The Morgan fingerprint density at radius 3 is 2.33 bits per heavy atom. The number of allylic oxidation sites excluding steroid dienone is 1. The minimum Gasteiger partial charge on any atom is -0.628 e. The third-order valence-corrected chi connectivity index (χ3v) is 3.74. The maximum absolute atomic E-state index is 12.1. The van der Waals surface area contributed by atoms with Crippen molar-refractivity contribution in [2.24, 2.45) is 0 Å². The van der Waals surface area contributed by atoms with Crippen molar-refractivity contribution in [1.82, 2.24) is 0 Å². The zero-order chi connectivity index (χ0) is 16.5. The molecular weight excluding hydrogens is 289 g/mol. The van der Waals surface area contributed by atoms with Crippen LogP contribution in [-0.4, -0.2) is 63.0 Å². The van der Waals surface area contributed by atoms with Crippen LogP contribution in [0.25, 0.3) is 0 Å². The fourth-order valence-corrected chi connectivity index (χ4v) is 2.61. The molecule has 0 aromatic carbocycles. The Morgan fingerprint density at radius 2 is 1.86 bits per heavy atom. The molecule has 21 heavy (non-hydrogen) atoms. The lowest BCUT2D eigenvalue weighted by Crippen LogP contribution is -2.40. The van der Waals surface area contributed by atoms with Crippen molar-refractivity contribution in [3.8, 4) is 0 Å². The van der Waals surface area contributed by atoms with Gasteiger partial charge in [0.15, 0.2) is 6.54 Å². The molecule has 0 spiro atoms. The van der Waals surface area contributed by atoms with Crippen molar-refractivity contribution in [3.05, 3.63) is 24.8 Å². The molecule has 0 heterocycles. The van der Waals surface area contributed by atoms with Gasteiger partial charge >= 0.3 is 5.97 Å². The number of rotatable bonds is 10. The summed E-state index contributed by atoms with van der Waals surface area (Å²) in [4.78, 5) is 23.3. The highest BCUT2D eigenvalue weighted by atomic mass is 31.1. The SMILES string of the molecule is C=CC/[P+]([O-])=C(\C[N+](C)(C)C)OCCCOC(=O)C(=C)C. The predicted molar refractivity (Wildman–Crippen MR) is 86.2 cm³/mol. The van der Waals surface area contributed by atoms with Gasteiger partial charge < -0.3 is 18.9 Å². The number of esters is 1. The van der Waals surface area contributed by atoms with E-state index in [2.05, 4.69) is 13.2 Å². The van der Waals surface area contributed by atoms with Crippen LogP contribution in [0.3, 0.4) is 0 Å². The molecule has 0 fully saturated rings. The van der Waals surface area contributed by atoms with E-state index in [9.17, 15) is 9.69 Å². The maximum Gasteiger partial charge on any atom is 0.333 e. The highest BCUT2D eigenvalue weighted by molar-refractivity contribution is 7.51. The van der Waals surface area contributed by atoms with E-state index in [4.69, 9.17) is 9.47 Å². The molecule has 1 atom stereocenters. The molecule has 0 aliphatic rings. The quantitative estimate of drug-likeness (QED) is 0.152. The molecule has 0 saturated carbocycles. The lowest BCUT2D eigenvalue weighted by atomic mass is 10.4. The van der Waals surface area contributed by atoms with E-state index in [0.717, 1.165) is 0 Å².